The van der Waals surface area contributed by atoms with E-state index in [0.717, 1.165) is 44.9 Å². The molecule has 0 fully saturated rings. The van der Waals surface area contributed by atoms with Gasteiger partial charge in [0.25, 0.3) is 0 Å². The molecular weight excluding hydrogens is 673 g/mol. The molecule has 0 bridgehead atoms. The number of carbonyl (C=O) groups is 2. The first kappa shape index (κ1) is 54.1. The normalized spacial score (nSPS) is 12.1. The van der Waals surface area contributed by atoms with Gasteiger partial charge in [-0.15, -0.1) is 0 Å². The van der Waals surface area contributed by atoms with E-state index in [2.05, 4.69) is 13.8 Å². The van der Waals surface area contributed by atoms with Crippen LogP contribution in [0.3, 0.4) is 0 Å². The summed E-state index contributed by atoms with van der Waals surface area (Å²) in [6.07, 6.45) is 60.5. The topological polar surface area (TPSA) is 43.4 Å². The maximum Gasteiger partial charge on any atom is 0.302 e. The second kappa shape index (κ2) is 47.5. The molecular formula is C52H102O3. The van der Waals surface area contributed by atoms with Crippen LogP contribution in [-0.4, -0.2) is 18.4 Å². The summed E-state index contributed by atoms with van der Waals surface area (Å²) in [5.41, 5.74) is 0. The molecule has 3 heteroatoms. The van der Waals surface area contributed by atoms with E-state index in [-0.39, 0.29) is 11.9 Å². The van der Waals surface area contributed by atoms with Crippen LogP contribution >= 0.6 is 0 Å². The summed E-state index contributed by atoms with van der Waals surface area (Å²) in [5, 5.41) is 0. The van der Waals surface area contributed by atoms with E-state index < -0.39 is 0 Å². The molecule has 0 heterocycles. The summed E-state index contributed by atoms with van der Waals surface area (Å²) in [7, 11) is 0. The molecule has 3 nitrogen and oxygen atoms in total. The summed E-state index contributed by atoms with van der Waals surface area (Å²) in [6.45, 7) is 6.60. The molecule has 1 atom stereocenters. The van der Waals surface area contributed by atoms with Crippen LogP contribution in [0.5, 0.6) is 0 Å². The number of rotatable bonds is 48. The first-order valence-electron chi connectivity index (χ1n) is 25.8. The van der Waals surface area contributed by atoms with Gasteiger partial charge < -0.3 is 4.74 Å². The van der Waals surface area contributed by atoms with Crippen LogP contribution in [0.15, 0.2) is 0 Å². The number of ketones is 1. The smallest absolute Gasteiger partial charge is 0.302 e. The molecule has 0 aliphatic carbocycles. The molecule has 0 amide bonds. The van der Waals surface area contributed by atoms with Crippen molar-refractivity contribution in [3.63, 3.8) is 0 Å². The molecule has 0 aliphatic rings. The third kappa shape index (κ3) is 45.7. The van der Waals surface area contributed by atoms with Crippen molar-refractivity contribution >= 4 is 11.8 Å². The minimum Gasteiger partial charge on any atom is -0.466 e. The van der Waals surface area contributed by atoms with Crippen molar-refractivity contribution in [2.24, 2.45) is 5.92 Å². The summed E-state index contributed by atoms with van der Waals surface area (Å²) >= 11 is 0. The summed E-state index contributed by atoms with van der Waals surface area (Å²) in [5.74, 6) is 0.594. The Balaban J connectivity index is 3.85. The zero-order chi connectivity index (χ0) is 40.0. The minimum atomic E-state index is -0.188. The number of hydrogen-bond acceptors (Lipinski definition) is 3. The van der Waals surface area contributed by atoms with Crippen LogP contribution in [0.25, 0.3) is 0 Å². The molecule has 328 valence electrons. The standard InChI is InChI=1S/C52H102O3/c1-4-6-8-10-12-14-16-18-20-22-24-26-27-29-31-33-35-37-39-42-46-51(47-43-41-45-49-55-50(3)53)52(54)48-44-40-38-36-34-32-30-28-25-23-21-19-17-15-13-11-9-7-5-2/h51H,4-49H2,1-3H3. The Morgan fingerprint density at radius 1 is 0.327 bits per heavy atom. The molecule has 0 spiro atoms. The highest BCUT2D eigenvalue weighted by Crippen LogP contribution is 2.23. The van der Waals surface area contributed by atoms with Gasteiger partial charge in [0.2, 0.25) is 0 Å². The molecule has 0 N–H and O–H groups in total. The van der Waals surface area contributed by atoms with Crippen molar-refractivity contribution in [3.8, 4) is 0 Å². The van der Waals surface area contributed by atoms with Crippen LogP contribution in [0.2, 0.25) is 0 Å². The SMILES string of the molecule is CCCCCCCCCCCCCCCCCCCCCCC(CCCCCOC(C)=O)C(=O)CCCCCCCCCCCCCCCCCCCCC. The van der Waals surface area contributed by atoms with Crippen LogP contribution in [0, 0.1) is 5.92 Å². The summed E-state index contributed by atoms with van der Waals surface area (Å²) in [6, 6.07) is 0. The summed E-state index contributed by atoms with van der Waals surface area (Å²) in [4.78, 5) is 24.4. The Hall–Kier alpha value is -0.860. The first-order valence-corrected chi connectivity index (χ1v) is 25.8. The zero-order valence-corrected chi connectivity index (χ0v) is 38.3. The monoisotopic (exact) mass is 775 g/mol. The van der Waals surface area contributed by atoms with Gasteiger partial charge in [-0.05, 0) is 25.7 Å². The van der Waals surface area contributed by atoms with Gasteiger partial charge in [0.15, 0.2) is 0 Å². The number of esters is 1. The van der Waals surface area contributed by atoms with E-state index in [1.165, 1.54) is 251 Å². The molecule has 1 unspecified atom stereocenters. The van der Waals surface area contributed by atoms with Crippen LogP contribution in [0.4, 0.5) is 0 Å². The quantitative estimate of drug-likeness (QED) is 0.0457. The molecule has 0 aromatic rings. The van der Waals surface area contributed by atoms with Crippen LogP contribution in [-0.2, 0) is 14.3 Å². The van der Waals surface area contributed by atoms with Crippen molar-refractivity contribution in [2.75, 3.05) is 6.61 Å². The van der Waals surface area contributed by atoms with Crippen molar-refractivity contribution in [2.45, 2.75) is 310 Å². The largest absolute Gasteiger partial charge is 0.466 e. The Morgan fingerprint density at radius 3 is 0.836 bits per heavy atom. The van der Waals surface area contributed by atoms with E-state index in [4.69, 9.17) is 4.74 Å². The van der Waals surface area contributed by atoms with Gasteiger partial charge in [0, 0.05) is 19.3 Å². The number of ether oxygens (including phenoxy) is 1. The fourth-order valence-corrected chi connectivity index (χ4v) is 8.58. The maximum absolute atomic E-state index is 13.3. The molecule has 0 radical (unpaired) electrons. The molecule has 0 aromatic carbocycles. The highest BCUT2D eigenvalue weighted by Gasteiger charge is 2.17. The Kier molecular flexibility index (Phi) is 46.8. The maximum atomic E-state index is 13.3. The van der Waals surface area contributed by atoms with Crippen LogP contribution in [0.1, 0.15) is 310 Å². The molecule has 0 rings (SSSR count). The number of hydrogen-bond donors (Lipinski definition) is 0. The van der Waals surface area contributed by atoms with E-state index >= 15 is 0 Å². The Bertz CT molecular complexity index is 747. The van der Waals surface area contributed by atoms with Gasteiger partial charge in [-0.25, -0.2) is 0 Å². The molecule has 0 aliphatic heterocycles. The van der Waals surface area contributed by atoms with Gasteiger partial charge in [-0.3, -0.25) is 9.59 Å². The summed E-state index contributed by atoms with van der Waals surface area (Å²) < 4.78 is 5.11. The van der Waals surface area contributed by atoms with E-state index in [0.29, 0.717) is 12.4 Å². The molecule has 0 aromatic heterocycles. The lowest BCUT2D eigenvalue weighted by Gasteiger charge is -2.16. The molecule has 0 saturated carbocycles. The highest BCUT2D eigenvalue weighted by molar-refractivity contribution is 5.80. The minimum absolute atomic E-state index is 0.188. The number of Topliss-reactive ketones (excluding diaryl/α,β-unsaturated/α-hetero) is 1. The van der Waals surface area contributed by atoms with Crippen molar-refractivity contribution in [3.05, 3.63) is 0 Å². The fourth-order valence-electron chi connectivity index (χ4n) is 8.58. The number of unbranched alkanes of at least 4 members (excludes halogenated alkanes) is 39. The first-order chi connectivity index (χ1) is 27.1. The lowest BCUT2D eigenvalue weighted by atomic mass is 9.88. The van der Waals surface area contributed by atoms with Gasteiger partial charge in [0.05, 0.1) is 6.61 Å². The highest BCUT2D eigenvalue weighted by atomic mass is 16.5. The van der Waals surface area contributed by atoms with E-state index in [1.807, 2.05) is 0 Å². The van der Waals surface area contributed by atoms with Gasteiger partial charge in [-0.2, -0.15) is 0 Å². The van der Waals surface area contributed by atoms with Crippen molar-refractivity contribution in [1.82, 2.24) is 0 Å². The second-order valence-electron chi connectivity index (χ2n) is 18.0. The Labute approximate surface area is 347 Å². The van der Waals surface area contributed by atoms with Crippen molar-refractivity contribution in [1.29, 1.82) is 0 Å². The van der Waals surface area contributed by atoms with Crippen molar-refractivity contribution < 1.29 is 14.3 Å². The predicted octanol–water partition coefficient (Wildman–Crippen LogP) is 18.3. The number of carbonyl (C=O) groups excluding carboxylic acids is 2. The average molecular weight is 775 g/mol. The van der Waals surface area contributed by atoms with Gasteiger partial charge in [0.1, 0.15) is 5.78 Å². The van der Waals surface area contributed by atoms with Gasteiger partial charge >= 0.3 is 5.97 Å². The Morgan fingerprint density at radius 2 is 0.564 bits per heavy atom. The average Bonchev–Trinajstić information content (AvgIpc) is 3.18. The third-order valence-corrected chi connectivity index (χ3v) is 12.4. The lowest BCUT2D eigenvalue weighted by Crippen LogP contribution is -2.15. The molecule has 0 saturated heterocycles. The predicted molar refractivity (Wildman–Crippen MR) is 244 cm³/mol. The van der Waals surface area contributed by atoms with Crippen LogP contribution < -0.4 is 0 Å². The zero-order valence-electron chi connectivity index (χ0n) is 38.3. The van der Waals surface area contributed by atoms with E-state index in [9.17, 15) is 9.59 Å². The van der Waals surface area contributed by atoms with E-state index in [1.54, 1.807) is 0 Å². The molecule has 55 heavy (non-hydrogen) atoms. The second-order valence-corrected chi connectivity index (χ2v) is 18.0. The lowest BCUT2D eigenvalue weighted by molar-refractivity contribution is -0.141. The fraction of sp³-hybridized carbons (Fsp3) is 0.962. The van der Waals surface area contributed by atoms with Gasteiger partial charge in [-0.1, -0.05) is 271 Å². The third-order valence-electron chi connectivity index (χ3n) is 12.4.